The summed E-state index contributed by atoms with van der Waals surface area (Å²) >= 11 is 0. The third-order valence-electron chi connectivity index (χ3n) is 4.81. The number of carboxylic acids is 1. The van der Waals surface area contributed by atoms with Crippen molar-refractivity contribution in [3.05, 3.63) is 47.4 Å². The van der Waals surface area contributed by atoms with E-state index in [1.807, 2.05) is 13.8 Å². The molecule has 0 spiro atoms. The molecule has 0 aliphatic carbocycles. The molecule has 9 nitrogen and oxygen atoms in total. The molecule has 2 atom stereocenters. The molecule has 2 rings (SSSR count). The summed E-state index contributed by atoms with van der Waals surface area (Å²) in [5.41, 5.74) is 1.76. The van der Waals surface area contributed by atoms with Gasteiger partial charge in [-0.3, -0.25) is 0 Å². The second kappa shape index (κ2) is 12.7. The summed E-state index contributed by atoms with van der Waals surface area (Å²) in [6, 6.07) is 5.46. The topological polar surface area (TPSA) is 144 Å². The Bertz CT molecular complexity index is 1130. The maximum atomic E-state index is 13.5. The van der Waals surface area contributed by atoms with Gasteiger partial charge in [0.05, 0.1) is 29.9 Å². The first kappa shape index (κ1) is 30.1. The summed E-state index contributed by atoms with van der Waals surface area (Å²) in [6.07, 6.45) is 0.578. The zero-order chi connectivity index (χ0) is 24.9. The van der Waals surface area contributed by atoms with E-state index < -0.39 is 40.4 Å². The van der Waals surface area contributed by atoms with Crippen LogP contribution in [0.1, 0.15) is 43.9 Å². The molecule has 34 heavy (non-hydrogen) atoms. The van der Waals surface area contributed by atoms with Gasteiger partial charge in [0.1, 0.15) is 5.82 Å². The van der Waals surface area contributed by atoms with Crippen molar-refractivity contribution in [1.29, 1.82) is 0 Å². The molecule has 12 heteroatoms. The van der Waals surface area contributed by atoms with E-state index in [1.165, 1.54) is 43.5 Å². The molecule has 0 radical (unpaired) electrons. The van der Waals surface area contributed by atoms with Gasteiger partial charge >= 0.3 is 29.6 Å². The normalized spacial score (nSPS) is 13.5. The summed E-state index contributed by atoms with van der Waals surface area (Å²) < 4.78 is 38.6. The van der Waals surface area contributed by atoms with Gasteiger partial charge in [0.25, 0.3) is 0 Å². The molecule has 0 fully saturated rings. The third-order valence-corrected chi connectivity index (χ3v) is 5.97. The van der Waals surface area contributed by atoms with Crippen molar-refractivity contribution in [3.63, 3.8) is 0 Å². The summed E-state index contributed by atoms with van der Waals surface area (Å²) in [7, 11) is -2.34. The minimum atomic E-state index is -3.66. The molecule has 0 aliphatic heterocycles. The molecule has 0 saturated heterocycles. The Morgan fingerprint density at radius 1 is 1.21 bits per heavy atom. The van der Waals surface area contributed by atoms with Crippen molar-refractivity contribution in [3.8, 4) is 11.3 Å². The fourth-order valence-corrected chi connectivity index (χ4v) is 3.41. The van der Waals surface area contributed by atoms with Crippen molar-refractivity contribution in [2.24, 2.45) is 0 Å². The Kier molecular flexibility index (Phi) is 11.3. The van der Waals surface area contributed by atoms with Crippen molar-refractivity contribution >= 4 is 28.0 Å². The zero-order valence-corrected chi connectivity index (χ0v) is 22.6. The Hall–Kier alpha value is -1.89. The summed E-state index contributed by atoms with van der Waals surface area (Å²) in [5.74, 6) is -2.14. The Labute approximate surface area is 220 Å². The average molecular weight is 504 g/mol. The first-order valence-corrected chi connectivity index (χ1v) is 12.0. The number of carbonyl (C=O) groups excluding carboxylic acids is 1. The maximum Gasteiger partial charge on any atom is 1.00 e. The Morgan fingerprint density at radius 2 is 1.79 bits per heavy atom. The molecule has 0 bridgehead atoms. The molecule has 2 aromatic rings. The van der Waals surface area contributed by atoms with Gasteiger partial charge < -0.3 is 20.1 Å². The number of carbonyl (C=O) groups is 1. The van der Waals surface area contributed by atoms with Gasteiger partial charge in [-0.05, 0) is 30.2 Å². The van der Waals surface area contributed by atoms with Crippen LogP contribution in [-0.4, -0.2) is 60.1 Å². The number of nitrogens with zero attached hydrogens (tertiary/aromatic N) is 3. The quantitative estimate of drug-likeness (QED) is 0.357. The van der Waals surface area contributed by atoms with Crippen LogP contribution < -0.4 is 39.0 Å². The van der Waals surface area contributed by atoms with Crippen molar-refractivity contribution in [2.75, 3.05) is 17.6 Å². The van der Waals surface area contributed by atoms with E-state index in [4.69, 9.17) is 0 Å². The number of anilines is 1. The number of aliphatic hydroxyl groups is 2. The number of hydrogen-bond acceptors (Lipinski definition) is 8. The Morgan fingerprint density at radius 3 is 2.29 bits per heavy atom. The monoisotopic (exact) mass is 503 g/mol. The van der Waals surface area contributed by atoms with Gasteiger partial charge in [0, 0.05) is 37.0 Å². The molecule has 180 valence electrons. The number of rotatable bonds is 10. The number of benzene rings is 1. The van der Waals surface area contributed by atoms with Gasteiger partial charge in [0.2, 0.25) is 16.0 Å². The smallest absolute Gasteiger partial charge is 0.550 e. The standard InChI is InChI=1S/C22H28FN3O6S.Na/c1-13(2)20-18(10-9-16(27)11-17(28)12-19(29)30)21(14-5-7-15(23)8-6-14)25-22(24-20)26(3)33(4,31)32;/h5-10,13,16-17,27-28H,11-12H2,1-4H3,(H,29,30);/q;+1/p-1/b10-9+;/t16-,17+;/m0./s1. The molecule has 0 aliphatic rings. The van der Waals surface area contributed by atoms with Crippen LogP contribution in [0, 0.1) is 5.82 Å². The van der Waals surface area contributed by atoms with E-state index >= 15 is 0 Å². The van der Waals surface area contributed by atoms with Gasteiger partial charge in [-0.2, -0.15) is 0 Å². The predicted molar refractivity (Wildman–Crippen MR) is 120 cm³/mol. The number of carboxylic acid groups (broad SMARTS) is 1. The Balaban J connectivity index is 0.00000578. The van der Waals surface area contributed by atoms with E-state index in [9.17, 15) is 32.9 Å². The van der Waals surface area contributed by atoms with Gasteiger partial charge in [-0.1, -0.05) is 26.0 Å². The van der Waals surface area contributed by atoms with Crippen LogP contribution in [-0.2, 0) is 14.8 Å². The van der Waals surface area contributed by atoms with E-state index in [0.717, 1.165) is 10.6 Å². The number of aliphatic carboxylic acids is 1. The summed E-state index contributed by atoms with van der Waals surface area (Å²) in [6.45, 7) is 3.69. The SMILES string of the molecule is CC(C)c1nc(N(C)S(C)(=O)=O)nc(-c2ccc(F)cc2)c1/C=C/[C@H](O)C[C@@H](O)CC(=O)[O-].[Na+]. The van der Waals surface area contributed by atoms with E-state index in [-0.39, 0.29) is 47.8 Å². The van der Waals surface area contributed by atoms with Crippen LogP contribution in [0.4, 0.5) is 10.3 Å². The van der Waals surface area contributed by atoms with Crippen LogP contribution >= 0.6 is 0 Å². The van der Waals surface area contributed by atoms with Crippen LogP contribution in [0.2, 0.25) is 0 Å². The molecule has 1 aromatic carbocycles. The van der Waals surface area contributed by atoms with Crippen LogP contribution in [0.5, 0.6) is 0 Å². The van der Waals surface area contributed by atoms with Crippen molar-refractivity contribution in [1.82, 2.24) is 9.97 Å². The van der Waals surface area contributed by atoms with Gasteiger partial charge in [-0.25, -0.2) is 27.1 Å². The zero-order valence-electron chi connectivity index (χ0n) is 19.8. The molecule has 1 heterocycles. The number of hydrogen-bond donors (Lipinski definition) is 2. The first-order chi connectivity index (χ1) is 15.3. The largest absolute Gasteiger partial charge is 1.00 e. The van der Waals surface area contributed by atoms with Crippen LogP contribution in [0.15, 0.2) is 30.3 Å². The minimum absolute atomic E-state index is 0. The third kappa shape index (κ3) is 8.40. The molecule has 0 saturated carbocycles. The van der Waals surface area contributed by atoms with E-state index in [1.54, 1.807) is 0 Å². The second-order valence-electron chi connectivity index (χ2n) is 7.96. The first-order valence-electron chi connectivity index (χ1n) is 10.2. The fraction of sp³-hybridized carbons (Fsp3) is 0.409. The summed E-state index contributed by atoms with van der Waals surface area (Å²) in [5, 5.41) is 30.6. The molecule has 0 amide bonds. The summed E-state index contributed by atoms with van der Waals surface area (Å²) in [4.78, 5) is 19.4. The molecular weight excluding hydrogens is 476 g/mol. The minimum Gasteiger partial charge on any atom is -0.550 e. The number of aromatic nitrogens is 2. The maximum absolute atomic E-state index is 13.5. The predicted octanol–water partition coefficient (Wildman–Crippen LogP) is -1.93. The average Bonchev–Trinajstić information content (AvgIpc) is 2.70. The molecular formula is C22H27FN3NaO6S. The van der Waals surface area contributed by atoms with E-state index in [2.05, 4.69) is 9.97 Å². The fourth-order valence-electron chi connectivity index (χ4n) is 3.04. The number of sulfonamides is 1. The van der Waals surface area contributed by atoms with Crippen molar-refractivity contribution < 1.29 is 62.5 Å². The molecule has 2 N–H and O–H groups in total. The van der Waals surface area contributed by atoms with E-state index in [0.29, 0.717) is 22.5 Å². The van der Waals surface area contributed by atoms with Gasteiger partial charge in [0.15, 0.2) is 0 Å². The molecule has 0 unspecified atom stereocenters. The molecule has 1 aromatic heterocycles. The van der Waals surface area contributed by atoms with Crippen LogP contribution in [0.25, 0.3) is 17.3 Å². The van der Waals surface area contributed by atoms with Crippen LogP contribution in [0.3, 0.4) is 0 Å². The van der Waals surface area contributed by atoms with Gasteiger partial charge in [-0.15, -0.1) is 0 Å². The van der Waals surface area contributed by atoms with Crippen molar-refractivity contribution in [2.45, 2.75) is 44.8 Å². The number of halogens is 1. The second-order valence-corrected chi connectivity index (χ2v) is 9.97. The number of aliphatic hydroxyl groups excluding tert-OH is 2.